The molecule has 2 aromatic carbocycles. The van der Waals surface area contributed by atoms with Crippen LogP contribution in [0.15, 0.2) is 60.7 Å². The topological polar surface area (TPSA) is 0 Å². The molecule has 36 heavy (non-hydrogen) atoms. The van der Waals surface area contributed by atoms with Crippen LogP contribution in [0, 0.1) is 25.0 Å². The Kier molecular flexibility index (Phi) is 24.6. The molecule has 0 aromatic heterocycles. The maximum Gasteiger partial charge on any atom is -0.0253 e. The largest absolute Gasteiger partial charge is 0.179 e. The molecule has 0 amide bonds. The molecule has 0 aliphatic heterocycles. The minimum absolute atomic E-state index is 0. The molecule has 0 unspecified atom stereocenters. The summed E-state index contributed by atoms with van der Waals surface area (Å²) in [5.41, 5.74) is 5.51. The molecule has 2 fully saturated rings. The summed E-state index contributed by atoms with van der Waals surface area (Å²) in [6.45, 7) is 1.95. The van der Waals surface area contributed by atoms with Gasteiger partial charge in [0, 0.05) is 0 Å². The van der Waals surface area contributed by atoms with Crippen LogP contribution in [0.25, 0.3) is 11.1 Å². The van der Waals surface area contributed by atoms with E-state index in [9.17, 15) is 0 Å². The van der Waals surface area contributed by atoms with E-state index in [1.54, 1.807) is 23.3 Å². The quantitative estimate of drug-likeness (QED) is 0.134. The standard InChI is InChI=1S/C13H9.2C7H13.C5H5.2ClH.H2Si.Zr/c1-3-7-12-10(5-1)9-11-6-2-4-8-13(11)12;2*1-2-4-6-7-5-3-1;1-2-4-5-3-1;;;;/h1-5,7-8H,9H2;2*1H,2-7H2;1-3H,4H2;2*1H;1H2;/q4*-1;;;;. The second-order valence-electron chi connectivity index (χ2n) is 8.96. The Morgan fingerprint density at radius 3 is 1.75 bits per heavy atom. The summed E-state index contributed by atoms with van der Waals surface area (Å²) >= 11 is 1.58. The van der Waals surface area contributed by atoms with Crippen LogP contribution < -0.4 is 0 Å². The first-order chi connectivity index (χ1) is 16.9. The Morgan fingerprint density at radius 1 is 0.694 bits per heavy atom. The zero-order valence-corrected chi connectivity index (χ0v) is 27.4. The Morgan fingerprint density at radius 2 is 1.25 bits per heavy atom. The average molecular weight is 619 g/mol. The SMILES string of the molecule is Cl.Cl.[C-]1=CC=CC1.[CH-]1CCCCCC1.[CH-]1CCCCCC1.[SiH2]=[Zr].[c-]1cccc2c1Cc1ccccc1-2. The minimum Gasteiger partial charge on any atom is -0.179 e. The van der Waals surface area contributed by atoms with Gasteiger partial charge in [-0.2, -0.15) is 61.6 Å². The number of benzene rings is 2. The molecule has 0 saturated heterocycles. The van der Waals surface area contributed by atoms with Crippen molar-refractivity contribution in [2.75, 3.05) is 0 Å². The van der Waals surface area contributed by atoms with Crippen LogP contribution in [-0.2, 0) is 29.8 Å². The van der Waals surface area contributed by atoms with E-state index in [-0.39, 0.29) is 24.8 Å². The monoisotopic (exact) mass is 616 g/mol. The van der Waals surface area contributed by atoms with Gasteiger partial charge in [0.25, 0.3) is 0 Å². The summed E-state index contributed by atoms with van der Waals surface area (Å²) in [4.78, 5) is 0. The van der Waals surface area contributed by atoms with E-state index in [1.165, 1.54) is 99.3 Å². The molecule has 0 bridgehead atoms. The van der Waals surface area contributed by atoms with Crippen molar-refractivity contribution >= 4 is 31.7 Å². The third-order valence-electron chi connectivity index (χ3n) is 6.34. The van der Waals surface area contributed by atoms with Gasteiger partial charge in [-0.1, -0.05) is 86.8 Å². The van der Waals surface area contributed by atoms with Gasteiger partial charge >= 0.3 is 30.2 Å². The van der Waals surface area contributed by atoms with E-state index in [0.29, 0.717) is 0 Å². The van der Waals surface area contributed by atoms with Crippen molar-refractivity contribution in [2.45, 2.75) is 89.9 Å². The van der Waals surface area contributed by atoms with Crippen LogP contribution in [0.3, 0.4) is 0 Å². The first kappa shape index (κ1) is 35.6. The number of fused-ring (bicyclic) bond motifs is 3. The summed E-state index contributed by atoms with van der Waals surface area (Å²) in [5.74, 6) is 0. The molecule has 0 atom stereocenters. The molecule has 0 heterocycles. The molecular weight excluding hydrogens is 575 g/mol. The Balaban J connectivity index is 0.000000464. The third kappa shape index (κ3) is 15.1. The van der Waals surface area contributed by atoms with Crippen LogP contribution in [0.5, 0.6) is 0 Å². The van der Waals surface area contributed by atoms with Crippen LogP contribution in [0.4, 0.5) is 0 Å². The first-order valence-corrected chi connectivity index (χ1v) is 19.2. The number of hydrogen-bond donors (Lipinski definition) is 0. The summed E-state index contributed by atoms with van der Waals surface area (Å²) in [5, 5.41) is 0. The fourth-order valence-electron chi connectivity index (χ4n) is 4.49. The summed E-state index contributed by atoms with van der Waals surface area (Å²) in [6, 6.07) is 18.1. The van der Waals surface area contributed by atoms with E-state index in [4.69, 9.17) is 0 Å². The molecule has 6 rings (SSSR count). The van der Waals surface area contributed by atoms with Gasteiger partial charge in [-0.05, 0) is 6.42 Å². The molecule has 0 radical (unpaired) electrons. The van der Waals surface area contributed by atoms with Crippen molar-refractivity contribution in [2.24, 2.45) is 0 Å². The predicted molar refractivity (Wildman–Crippen MR) is 162 cm³/mol. The molecule has 0 nitrogen and oxygen atoms in total. The Bertz CT molecular complexity index is 743. The molecule has 198 valence electrons. The molecule has 2 aromatic rings. The van der Waals surface area contributed by atoms with Crippen molar-refractivity contribution in [1.29, 1.82) is 0 Å². The van der Waals surface area contributed by atoms with Crippen LogP contribution in [0.1, 0.15) is 94.6 Å². The number of hydrogen-bond acceptors (Lipinski definition) is 0. The summed E-state index contributed by atoms with van der Waals surface area (Å²) < 4.78 is 0. The van der Waals surface area contributed by atoms with Crippen LogP contribution >= 0.6 is 24.8 Å². The zero-order valence-electron chi connectivity index (χ0n) is 21.9. The van der Waals surface area contributed by atoms with E-state index < -0.39 is 0 Å². The third-order valence-corrected chi connectivity index (χ3v) is 6.34. The van der Waals surface area contributed by atoms with Gasteiger partial charge in [-0.25, -0.2) is 12.2 Å². The molecule has 4 heteroatoms. The summed E-state index contributed by atoms with van der Waals surface area (Å²) in [6.07, 6.45) is 33.0. The van der Waals surface area contributed by atoms with Gasteiger partial charge in [0.1, 0.15) is 0 Å². The average Bonchev–Trinajstić information content (AvgIpc) is 3.38. The molecule has 2 saturated carbocycles. The fraction of sp³-hybridized carbons (Fsp3) is 0.438. The Labute approximate surface area is 251 Å². The summed E-state index contributed by atoms with van der Waals surface area (Å²) in [7, 11) is 0. The molecule has 4 aliphatic carbocycles. The molecule has 4 aliphatic rings. The normalized spacial score (nSPS) is 16.3. The zero-order chi connectivity index (χ0) is 24.1. The second kappa shape index (κ2) is 24.9. The van der Waals surface area contributed by atoms with Crippen molar-refractivity contribution in [3.8, 4) is 11.1 Å². The van der Waals surface area contributed by atoms with E-state index in [1.807, 2.05) is 25.1 Å². The van der Waals surface area contributed by atoms with Crippen molar-refractivity contribution in [3.63, 3.8) is 0 Å². The van der Waals surface area contributed by atoms with Gasteiger partial charge < -0.3 is 12.8 Å². The smallest absolute Gasteiger partial charge is 0.0253 e. The van der Waals surface area contributed by atoms with Gasteiger partial charge in [0.2, 0.25) is 0 Å². The number of halogens is 2. The number of allylic oxidation sites excluding steroid dienone is 4. The minimum atomic E-state index is 0. The van der Waals surface area contributed by atoms with E-state index in [0.717, 1.165) is 12.8 Å². The maximum atomic E-state index is 3.30. The van der Waals surface area contributed by atoms with E-state index >= 15 is 0 Å². The predicted octanol–water partition coefficient (Wildman–Crippen LogP) is 9.38. The van der Waals surface area contributed by atoms with Crippen molar-refractivity contribution in [1.82, 2.24) is 0 Å². The van der Waals surface area contributed by atoms with Crippen molar-refractivity contribution < 1.29 is 23.3 Å². The second-order valence-corrected chi connectivity index (χ2v) is 8.96. The fourth-order valence-corrected chi connectivity index (χ4v) is 4.49. The molecular formula is C32H44Cl2SiZr-4. The van der Waals surface area contributed by atoms with Crippen LogP contribution in [-0.4, -0.2) is 6.88 Å². The first-order valence-electron chi connectivity index (χ1n) is 13.2. The van der Waals surface area contributed by atoms with E-state index in [2.05, 4.69) is 67.5 Å². The van der Waals surface area contributed by atoms with Gasteiger partial charge in [0.15, 0.2) is 0 Å². The molecule has 0 N–H and O–H groups in total. The maximum absolute atomic E-state index is 3.30. The van der Waals surface area contributed by atoms with Gasteiger partial charge in [-0.3, -0.25) is 6.08 Å². The van der Waals surface area contributed by atoms with Crippen LogP contribution in [0.2, 0.25) is 0 Å². The number of rotatable bonds is 0. The van der Waals surface area contributed by atoms with Crippen molar-refractivity contribution in [3.05, 3.63) is 96.8 Å². The van der Waals surface area contributed by atoms with Gasteiger partial charge in [0.05, 0.1) is 0 Å². The molecule has 0 spiro atoms. The Hall–Kier alpha value is -0.400. The van der Waals surface area contributed by atoms with Gasteiger partial charge in [-0.15, -0.1) is 36.8 Å².